The number of carbonyl (C=O) groups is 4. The maximum absolute atomic E-state index is 12.5. The van der Waals surface area contributed by atoms with E-state index in [-0.39, 0.29) is 11.8 Å². The zero-order chi connectivity index (χ0) is 20.4. The summed E-state index contributed by atoms with van der Waals surface area (Å²) in [6.07, 6.45) is 4.67. The van der Waals surface area contributed by atoms with Crippen LogP contribution in [0.1, 0.15) is 36.4 Å². The van der Waals surface area contributed by atoms with E-state index in [4.69, 9.17) is 4.74 Å². The molecule has 0 radical (unpaired) electrons. The molecule has 4 atom stereocenters. The number of Topliss-reactive ketones (excluding diaryl/α,β-unsaturated/α-hetero) is 1. The Morgan fingerprint density at radius 3 is 2.43 bits per heavy atom. The van der Waals surface area contributed by atoms with Crippen molar-refractivity contribution in [3.8, 4) is 6.07 Å². The molecule has 28 heavy (non-hydrogen) atoms. The maximum Gasteiger partial charge on any atom is 0.329 e. The molecule has 0 aromatic carbocycles. The molecule has 0 unspecified atom stereocenters. The molecule has 146 valence electrons. The lowest BCUT2D eigenvalue weighted by Crippen LogP contribution is -2.44. The number of rotatable bonds is 6. The fraction of sp³-hybridized carbons (Fsp3) is 0.474. The van der Waals surface area contributed by atoms with Gasteiger partial charge in [-0.1, -0.05) is 12.2 Å². The summed E-state index contributed by atoms with van der Waals surface area (Å²) in [5, 5.41) is 11.3. The first-order chi connectivity index (χ1) is 13.3. The van der Waals surface area contributed by atoms with Crippen molar-refractivity contribution in [1.82, 2.24) is 9.88 Å². The quantitative estimate of drug-likeness (QED) is 0.403. The van der Waals surface area contributed by atoms with E-state index in [9.17, 15) is 24.4 Å². The van der Waals surface area contributed by atoms with Crippen LogP contribution < -0.4 is 0 Å². The molecule has 1 aliphatic carbocycles. The number of ketones is 1. The number of amides is 2. The number of esters is 1. The highest BCUT2D eigenvalue weighted by Crippen LogP contribution is 2.36. The monoisotopic (exact) mass is 401 g/mol. The lowest BCUT2D eigenvalue weighted by atomic mass is 9.85. The van der Waals surface area contributed by atoms with E-state index >= 15 is 0 Å². The smallest absolute Gasteiger partial charge is 0.329 e. The average Bonchev–Trinajstić information content (AvgIpc) is 3.22. The Morgan fingerprint density at radius 1 is 1.32 bits per heavy atom. The van der Waals surface area contributed by atoms with Crippen molar-refractivity contribution in [1.29, 1.82) is 5.26 Å². The summed E-state index contributed by atoms with van der Waals surface area (Å²) in [6.45, 7) is 2.53. The van der Waals surface area contributed by atoms with Crippen LogP contribution in [-0.4, -0.2) is 46.1 Å². The van der Waals surface area contributed by atoms with E-state index in [1.807, 2.05) is 18.2 Å². The fourth-order valence-electron chi connectivity index (χ4n) is 3.43. The molecule has 1 aliphatic heterocycles. The first-order valence-corrected chi connectivity index (χ1v) is 9.76. The second-order valence-corrected chi connectivity index (χ2v) is 7.73. The number of ether oxygens (including phenoxy) is 1. The first kappa shape index (κ1) is 19.9. The van der Waals surface area contributed by atoms with Crippen molar-refractivity contribution in [2.24, 2.45) is 11.8 Å². The Morgan fingerprint density at radius 2 is 1.93 bits per heavy atom. The van der Waals surface area contributed by atoms with Crippen LogP contribution in [0, 0.1) is 30.1 Å². The molecule has 9 heteroatoms. The third-order valence-corrected chi connectivity index (χ3v) is 5.99. The van der Waals surface area contributed by atoms with Gasteiger partial charge in [0.15, 0.2) is 18.3 Å². The summed E-state index contributed by atoms with van der Waals surface area (Å²) >= 11 is 1.19. The van der Waals surface area contributed by atoms with Gasteiger partial charge in [-0.3, -0.25) is 19.3 Å². The Hall–Kier alpha value is -2.86. The van der Waals surface area contributed by atoms with Gasteiger partial charge in [0.25, 0.3) is 0 Å². The molecule has 1 fully saturated rings. The van der Waals surface area contributed by atoms with Crippen LogP contribution in [0.5, 0.6) is 0 Å². The molecule has 2 heterocycles. The zero-order valence-corrected chi connectivity index (χ0v) is 16.3. The third-order valence-electron chi connectivity index (χ3n) is 4.96. The first-order valence-electron chi connectivity index (χ1n) is 8.88. The molecule has 1 aromatic heterocycles. The van der Waals surface area contributed by atoms with E-state index in [0.717, 1.165) is 4.90 Å². The Kier molecular flexibility index (Phi) is 5.70. The molecule has 3 rings (SSSR count). The van der Waals surface area contributed by atoms with Crippen molar-refractivity contribution >= 4 is 34.9 Å². The summed E-state index contributed by atoms with van der Waals surface area (Å²) in [4.78, 5) is 54.7. The molecule has 8 nitrogen and oxygen atoms in total. The van der Waals surface area contributed by atoms with Gasteiger partial charge in [-0.25, -0.2) is 9.78 Å². The molecule has 0 bridgehead atoms. The molecule has 2 aliphatic rings. The Bertz CT molecular complexity index is 874. The van der Waals surface area contributed by atoms with E-state index in [2.05, 4.69) is 4.98 Å². The number of imide groups is 1. The number of nitriles is 1. The summed E-state index contributed by atoms with van der Waals surface area (Å²) < 4.78 is 5.01. The van der Waals surface area contributed by atoms with E-state index in [1.165, 1.54) is 18.3 Å². The van der Waals surface area contributed by atoms with Gasteiger partial charge in [0.05, 0.1) is 17.9 Å². The standard InChI is InChI=1S/C19H19N3O5S/c1-10-9-28-16(21-10)14(7-20)15(23)8-27-19(26)11(2)22-17(24)12-5-3-4-6-13(12)18(22)25/h3-4,9,11-14H,5-6,8H2,1-2H3/t11-,12-,13-,14-/m0/s1. The lowest BCUT2D eigenvalue weighted by Gasteiger charge is -2.21. The van der Waals surface area contributed by atoms with Gasteiger partial charge in [0.2, 0.25) is 11.8 Å². The second kappa shape index (κ2) is 8.02. The predicted octanol–water partition coefficient (Wildman–Crippen LogP) is 1.51. The zero-order valence-electron chi connectivity index (χ0n) is 15.5. The predicted molar refractivity (Wildman–Crippen MR) is 97.8 cm³/mol. The van der Waals surface area contributed by atoms with Crippen molar-refractivity contribution in [3.63, 3.8) is 0 Å². The fourth-order valence-corrected chi connectivity index (χ4v) is 4.29. The second-order valence-electron chi connectivity index (χ2n) is 6.84. The Labute approximate surface area is 165 Å². The van der Waals surface area contributed by atoms with Crippen LogP contribution >= 0.6 is 11.3 Å². The van der Waals surface area contributed by atoms with E-state index in [1.54, 1.807) is 12.3 Å². The third kappa shape index (κ3) is 3.60. The van der Waals surface area contributed by atoms with Gasteiger partial charge in [0, 0.05) is 11.1 Å². The molecular weight excluding hydrogens is 382 g/mol. The highest BCUT2D eigenvalue weighted by Gasteiger charge is 2.50. The number of hydrogen-bond donors (Lipinski definition) is 0. The number of nitrogens with zero attached hydrogens (tertiary/aromatic N) is 3. The number of fused-ring (bicyclic) bond motifs is 1. The molecule has 0 saturated carbocycles. The van der Waals surface area contributed by atoms with Crippen molar-refractivity contribution in [2.45, 2.75) is 38.6 Å². The molecule has 1 saturated heterocycles. The highest BCUT2D eigenvalue weighted by molar-refractivity contribution is 7.09. The maximum atomic E-state index is 12.5. The SMILES string of the molecule is Cc1csc([C@@H](C#N)C(=O)COC(=O)[C@H](C)N2C(=O)[C@H]3CC=CC[C@@H]3C2=O)n1. The minimum Gasteiger partial charge on any atom is -0.456 e. The Balaban J connectivity index is 1.61. The number of likely N-dealkylation sites (tertiary alicyclic amines) is 1. The van der Waals surface area contributed by atoms with Crippen molar-refractivity contribution in [3.05, 3.63) is 28.2 Å². The molecular formula is C19H19N3O5S. The summed E-state index contributed by atoms with van der Waals surface area (Å²) in [6, 6.07) is 0.745. The van der Waals surface area contributed by atoms with E-state index < -0.39 is 42.2 Å². The van der Waals surface area contributed by atoms with Crippen LogP contribution in [0.15, 0.2) is 17.5 Å². The molecule has 0 N–H and O–H groups in total. The summed E-state index contributed by atoms with van der Waals surface area (Å²) in [5.41, 5.74) is 0.695. The minimum absolute atomic E-state index is 0.343. The van der Waals surface area contributed by atoms with Gasteiger partial charge >= 0.3 is 5.97 Å². The van der Waals surface area contributed by atoms with Gasteiger partial charge < -0.3 is 4.74 Å². The van der Waals surface area contributed by atoms with Gasteiger partial charge in [-0.2, -0.15) is 5.26 Å². The van der Waals surface area contributed by atoms with Crippen molar-refractivity contribution in [2.75, 3.05) is 6.61 Å². The normalized spacial score (nSPS) is 23.1. The van der Waals surface area contributed by atoms with E-state index in [0.29, 0.717) is 23.5 Å². The summed E-state index contributed by atoms with van der Waals surface area (Å²) in [7, 11) is 0. The number of allylic oxidation sites excluding steroid dienone is 2. The number of thiazole rings is 1. The number of carbonyl (C=O) groups excluding carboxylic acids is 4. The number of aryl methyl sites for hydroxylation is 1. The molecule has 0 spiro atoms. The lowest BCUT2D eigenvalue weighted by molar-refractivity contribution is -0.159. The number of aromatic nitrogens is 1. The molecule has 2 amide bonds. The van der Waals surface area contributed by atoms with Crippen LogP contribution in [0.3, 0.4) is 0 Å². The van der Waals surface area contributed by atoms with Gasteiger partial charge in [0.1, 0.15) is 11.0 Å². The topological polar surface area (TPSA) is 117 Å². The summed E-state index contributed by atoms with van der Waals surface area (Å²) in [5.74, 6) is -4.23. The van der Waals surface area contributed by atoms with Gasteiger partial charge in [-0.15, -0.1) is 11.3 Å². The van der Waals surface area contributed by atoms with Gasteiger partial charge in [-0.05, 0) is 26.7 Å². The van der Waals surface area contributed by atoms with Crippen molar-refractivity contribution < 1.29 is 23.9 Å². The largest absolute Gasteiger partial charge is 0.456 e. The number of hydrogen-bond acceptors (Lipinski definition) is 8. The molecule has 1 aromatic rings. The highest BCUT2D eigenvalue weighted by atomic mass is 32.1. The average molecular weight is 401 g/mol. The van der Waals surface area contributed by atoms with Crippen LogP contribution in [0.25, 0.3) is 0 Å². The van der Waals surface area contributed by atoms with Crippen LogP contribution in [0.2, 0.25) is 0 Å². The minimum atomic E-state index is -1.12. The van der Waals surface area contributed by atoms with Crippen LogP contribution in [-0.2, 0) is 23.9 Å². The van der Waals surface area contributed by atoms with Crippen LogP contribution in [0.4, 0.5) is 0 Å².